The molecule has 2 unspecified atom stereocenters. The number of nitrogens with zero attached hydrogens (tertiary/aromatic N) is 2. The zero-order valence-electron chi connectivity index (χ0n) is 11.2. The van der Waals surface area contributed by atoms with E-state index in [0.717, 1.165) is 23.1 Å². The average Bonchev–Trinajstić information content (AvgIpc) is 2.67. The Morgan fingerprint density at radius 1 is 1.32 bits per heavy atom. The Balaban J connectivity index is 2.14. The van der Waals surface area contributed by atoms with Crippen molar-refractivity contribution in [1.29, 1.82) is 0 Å². The number of benzene rings is 1. The normalized spacial score (nSPS) is 22.3. The second-order valence-electron chi connectivity index (χ2n) is 5.42. The number of aromatic nitrogens is 2. The fourth-order valence-electron chi connectivity index (χ4n) is 3.00. The summed E-state index contributed by atoms with van der Waals surface area (Å²) >= 11 is 3.48. The molecule has 1 aromatic carbocycles. The zero-order valence-corrected chi connectivity index (χ0v) is 12.8. The molecule has 3 nitrogen and oxygen atoms in total. The van der Waals surface area contributed by atoms with Gasteiger partial charge >= 0.3 is 0 Å². The molecule has 2 aromatic rings. The maximum Gasteiger partial charge on any atom is 0.112 e. The standard InChI is InChI=1S/C15H18BrN3/c1-9-7-13(17)8-19-14(10(2)18-15(9)19)11-3-5-12(16)6-4-11/h3-6,9,13H,7-8,17H2,1-2H3. The monoisotopic (exact) mass is 319 g/mol. The molecule has 2 heterocycles. The maximum absolute atomic E-state index is 6.16. The van der Waals surface area contributed by atoms with Crippen LogP contribution in [0.1, 0.15) is 30.8 Å². The predicted molar refractivity (Wildman–Crippen MR) is 81.1 cm³/mol. The van der Waals surface area contributed by atoms with Gasteiger partial charge in [0.1, 0.15) is 5.82 Å². The molecule has 0 bridgehead atoms. The van der Waals surface area contributed by atoms with Gasteiger partial charge in [-0.2, -0.15) is 0 Å². The molecule has 3 rings (SSSR count). The number of hydrogen-bond donors (Lipinski definition) is 1. The lowest BCUT2D eigenvalue weighted by Gasteiger charge is -2.27. The second kappa shape index (κ2) is 4.76. The summed E-state index contributed by atoms with van der Waals surface area (Å²) in [4.78, 5) is 4.76. The molecule has 2 N–H and O–H groups in total. The second-order valence-corrected chi connectivity index (χ2v) is 6.33. The summed E-state index contributed by atoms with van der Waals surface area (Å²) in [5, 5.41) is 0. The van der Waals surface area contributed by atoms with E-state index in [-0.39, 0.29) is 6.04 Å². The smallest absolute Gasteiger partial charge is 0.112 e. The van der Waals surface area contributed by atoms with Crippen LogP contribution in [0, 0.1) is 6.92 Å². The lowest BCUT2D eigenvalue weighted by Crippen LogP contribution is -2.33. The first-order chi connectivity index (χ1) is 9.06. The third-order valence-corrected chi connectivity index (χ3v) is 4.33. The Kier molecular flexibility index (Phi) is 3.23. The summed E-state index contributed by atoms with van der Waals surface area (Å²) in [6.07, 6.45) is 1.02. The summed E-state index contributed by atoms with van der Waals surface area (Å²) in [7, 11) is 0. The molecule has 0 amide bonds. The quantitative estimate of drug-likeness (QED) is 0.874. The van der Waals surface area contributed by atoms with Crippen molar-refractivity contribution in [2.75, 3.05) is 0 Å². The van der Waals surface area contributed by atoms with Crippen LogP contribution in [0.5, 0.6) is 0 Å². The molecule has 0 saturated heterocycles. The molecule has 2 atom stereocenters. The van der Waals surface area contributed by atoms with Crippen LogP contribution < -0.4 is 5.73 Å². The molecule has 0 spiro atoms. The highest BCUT2D eigenvalue weighted by Crippen LogP contribution is 2.33. The highest BCUT2D eigenvalue weighted by Gasteiger charge is 2.27. The molecule has 0 aliphatic carbocycles. The fraction of sp³-hybridized carbons (Fsp3) is 0.400. The van der Waals surface area contributed by atoms with Crippen LogP contribution in [-0.4, -0.2) is 15.6 Å². The summed E-state index contributed by atoms with van der Waals surface area (Å²) in [6.45, 7) is 5.16. The van der Waals surface area contributed by atoms with Gasteiger partial charge in [-0.3, -0.25) is 0 Å². The average molecular weight is 320 g/mol. The van der Waals surface area contributed by atoms with Crippen LogP contribution in [0.4, 0.5) is 0 Å². The number of halogens is 1. The lowest BCUT2D eigenvalue weighted by atomic mass is 9.97. The van der Waals surface area contributed by atoms with E-state index in [1.54, 1.807) is 0 Å². The largest absolute Gasteiger partial charge is 0.326 e. The van der Waals surface area contributed by atoms with Crippen molar-refractivity contribution in [3.05, 3.63) is 40.3 Å². The van der Waals surface area contributed by atoms with Gasteiger partial charge in [-0.15, -0.1) is 0 Å². The van der Waals surface area contributed by atoms with Crippen molar-refractivity contribution >= 4 is 15.9 Å². The number of imidazole rings is 1. The number of aryl methyl sites for hydroxylation is 1. The summed E-state index contributed by atoms with van der Waals surface area (Å²) in [5.41, 5.74) is 9.68. The van der Waals surface area contributed by atoms with E-state index < -0.39 is 0 Å². The fourth-order valence-corrected chi connectivity index (χ4v) is 3.26. The Labute approximate surface area is 122 Å². The molecular weight excluding hydrogens is 302 g/mol. The van der Waals surface area contributed by atoms with Crippen molar-refractivity contribution in [1.82, 2.24) is 9.55 Å². The van der Waals surface area contributed by atoms with Gasteiger partial charge in [-0.25, -0.2) is 4.98 Å². The highest BCUT2D eigenvalue weighted by molar-refractivity contribution is 9.10. The highest BCUT2D eigenvalue weighted by atomic mass is 79.9. The summed E-state index contributed by atoms with van der Waals surface area (Å²) in [5.74, 6) is 1.61. The third kappa shape index (κ3) is 2.23. The topological polar surface area (TPSA) is 43.8 Å². The maximum atomic E-state index is 6.16. The number of fused-ring (bicyclic) bond motifs is 1. The molecular formula is C15H18BrN3. The van der Waals surface area contributed by atoms with E-state index in [1.165, 1.54) is 17.1 Å². The van der Waals surface area contributed by atoms with Crippen molar-refractivity contribution in [2.24, 2.45) is 5.73 Å². The zero-order chi connectivity index (χ0) is 13.6. The van der Waals surface area contributed by atoms with E-state index in [9.17, 15) is 0 Å². The van der Waals surface area contributed by atoms with Crippen molar-refractivity contribution in [2.45, 2.75) is 38.8 Å². The van der Waals surface area contributed by atoms with Crippen LogP contribution in [0.15, 0.2) is 28.7 Å². The van der Waals surface area contributed by atoms with Crippen LogP contribution in [0.2, 0.25) is 0 Å². The summed E-state index contributed by atoms with van der Waals surface area (Å²) in [6, 6.07) is 8.63. The van der Waals surface area contributed by atoms with Gasteiger partial charge in [0.15, 0.2) is 0 Å². The molecule has 0 fully saturated rings. The molecule has 1 aromatic heterocycles. The molecule has 0 radical (unpaired) electrons. The van der Waals surface area contributed by atoms with Crippen molar-refractivity contribution in [3.8, 4) is 11.3 Å². The molecule has 0 saturated carbocycles. The third-order valence-electron chi connectivity index (χ3n) is 3.80. The van der Waals surface area contributed by atoms with Crippen LogP contribution in [0.25, 0.3) is 11.3 Å². The Morgan fingerprint density at radius 3 is 2.68 bits per heavy atom. The van der Waals surface area contributed by atoms with Crippen LogP contribution >= 0.6 is 15.9 Å². The van der Waals surface area contributed by atoms with E-state index >= 15 is 0 Å². The minimum atomic E-state index is 0.227. The van der Waals surface area contributed by atoms with Gasteiger partial charge in [0, 0.05) is 28.5 Å². The van der Waals surface area contributed by atoms with E-state index in [1.807, 2.05) is 0 Å². The first-order valence-corrected chi connectivity index (χ1v) is 7.44. The van der Waals surface area contributed by atoms with Gasteiger partial charge in [-0.1, -0.05) is 35.0 Å². The molecule has 100 valence electrons. The van der Waals surface area contributed by atoms with Gasteiger partial charge in [0.25, 0.3) is 0 Å². The molecule has 4 heteroatoms. The van der Waals surface area contributed by atoms with Gasteiger partial charge < -0.3 is 10.3 Å². The van der Waals surface area contributed by atoms with Gasteiger partial charge in [0.2, 0.25) is 0 Å². The predicted octanol–water partition coefficient (Wildman–Crippen LogP) is 3.46. The molecule has 19 heavy (non-hydrogen) atoms. The summed E-state index contributed by atoms with van der Waals surface area (Å²) < 4.78 is 3.40. The Morgan fingerprint density at radius 2 is 2.00 bits per heavy atom. The lowest BCUT2D eigenvalue weighted by molar-refractivity contribution is 0.409. The van der Waals surface area contributed by atoms with Gasteiger partial charge in [-0.05, 0) is 25.5 Å². The van der Waals surface area contributed by atoms with Crippen LogP contribution in [0.3, 0.4) is 0 Å². The van der Waals surface area contributed by atoms with Gasteiger partial charge in [0.05, 0.1) is 11.4 Å². The first kappa shape index (κ1) is 12.9. The van der Waals surface area contributed by atoms with E-state index in [4.69, 9.17) is 10.7 Å². The van der Waals surface area contributed by atoms with E-state index in [2.05, 4.69) is 58.6 Å². The first-order valence-electron chi connectivity index (χ1n) is 6.65. The number of hydrogen-bond acceptors (Lipinski definition) is 2. The minimum absolute atomic E-state index is 0.227. The number of nitrogens with two attached hydrogens (primary N) is 1. The molecule has 1 aliphatic rings. The SMILES string of the molecule is Cc1nc2n(c1-c1ccc(Br)cc1)CC(N)CC2C. The number of rotatable bonds is 1. The Bertz CT molecular complexity index is 601. The minimum Gasteiger partial charge on any atom is -0.326 e. The Hall–Kier alpha value is -1.13. The van der Waals surface area contributed by atoms with Crippen LogP contribution in [-0.2, 0) is 6.54 Å². The van der Waals surface area contributed by atoms with E-state index in [0.29, 0.717) is 5.92 Å². The molecule has 1 aliphatic heterocycles. The van der Waals surface area contributed by atoms with Crippen molar-refractivity contribution < 1.29 is 0 Å². The van der Waals surface area contributed by atoms with Crippen molar-refractivity contribution in [3.63, 3.8) is 0 Å².